The molecule has 11 heavy (non-hydrogen) atoms. The monoisotopic (exact) mass is 158 g/mol. The van der Waals surface area contributed by atoms with Crippen LogP contribution in [0.25, 0.3) is 0 Å². The van der Waals surface area contributed by atoms with Crippen molar-refractivity contribution in [3.63, 3.8) is 0 Å². The summed E-state index contributed by atoms with van der Waals surface area (Å²) in [5, 5.41) is 9.76. The zero-order chi connectivity index (χ0) is 8.91. The van der Waals surface area contributed by atoms with E-state index in [1.165, 1.54) is 12.8 Å². The Bertz CT molecular complexity index is 93.0. The van der Waals surface area contributed by atoms with E-state index >= 15 is 0 Å². The fourth-order valence-corrected chi connectivity index (χ4v) is 1.34. The van der Waals surface area contributed by atoms with Crippen LogP contribution in [0, 0.1) is 5.92 Å². The molecule has 1 nitrogen and oxygen atoms in total. The first-order valence-corrected chi connectivity index (χ1v) is 4.78. The normalized spacial score (nSPS) is 16.9. The summed E-state index contributed by atoms with van der Waals surface area (Å²) in [4.78, 5) is 0. The molecule has 0 amide bonds. The standard InChI is InChI=1S/C10H22O/c1-5-9(6-2)8-10(4,11)7-3/h9,11H,5-8H2,1-4H3. The lowest BCUT2D eigenvalue weighted by atomic mass is 9.87. The van der Waals surface area contributed by atoms with Crippen molar-refractivity contribution in [1.82, 2.24) is 0 Å². The van der Waals surface area contributed by atoms with Gasteiger partial charge < -0.3 is 5.11 Å². The average Bonchev–Trinajstić information content (AvgIpc) is 2.00. The SMILES string of the molecule is CCC(CC)CC(C)(O)CC. The maximum Gasteiger partial charge on any atom is 0.0619 e. The van der Waals surface area contributed by atoms with Crippen LogP contribution in [0.2, 0.25) is 0 Å². The van der Waals surface area contributed by atoms with Gasteiger partial charge in [0.25, 0.3) is 0 Å². The topological polar surface area (TPSA) is 20.2 Å². The molecule has 0 fully saturated rings. The molecule has 0 rings (SSSR count). The first-order valence-electron chi connectivity index (χ1n) is 4.78. The van der Waals surface area contributed by atoms with Crippen molar-refractivity contribution in [3.8, 4) is 0 Å². The Kier molecular flexibility index (Phi) is 4.74. The predicted octanol–water partition coefficient (Wildman–Crippen LogP) is 2.97. The summed E-state index contributed by atoms with van der Waals surface area (Å²) in [6, 6.07) is 0. The highest BCUT2D eigenvalue weighted by Crippen LogP contribution is 2.24. The van der Waals surface area contributed by atoms with Crippen LogP contribution in [0.3, 0.4) is 0 Å². The Labute approximate surface area is 70.8 Å². The van der Waals surface area contributed by atoms with Crippen LogP contribution >= 0.6 is 0 Å². The van der Waals surface area contributed by atoms with Crippen LogP contribution in [0.15, 0.2) is 0 Å². The smallest absolute Gasteiger partial charge is 0.0619 e. The van der Waals surface area contributed by atoms with Crippen LogP contribution in [0.5, 0.6) is 0 Å². The van der Waals surface area contributed by atoms with Gasteiger partial charge >= 0.3 is 0 Å². The molecule has 0 aliphatic rings. The summed E-state index contributed by atoms with van der Waals surface area (Å²) < 4.78 is 0. The summed E-state index contributed by atoms with van der Waals surface area (Å²) in [6.45, 7) is 8.37. The van der Waals surface area contributed by atoms with Crippen LogP contribution in [0.4, 0.5) is 0 Å². The van der Waals surface area contributed by atoms with Gasteiger partial charge in [0.1, 0.15) is 0 Å². The number of hydrogen-bond acceptors (Lipinski definition) is 1. The molecule has 0 spiro atoms. The highest BCUT2D eigenvalue weighted by molar-refractivity contribution is 4.73. The molecule has 1 atom stereocenters. The maximum absolute atomic E-state index is 9.76. The van der Waals surface area contributed by atoms with Gasteiger partial charge in [-0.25, -0.2) is 0 Å². The van der Waals surface area contributed by atoms with Gasteiger partial charge in [-0.15, -0.1) is 0 Å². The Balaban J connectivity index is 3.79. The van der Waals surface area contributed by atoms with Crippen LogP contribution in [0.1, 0.15) is 53.4 Å². The fraction of sp³-hybridized carbons (Fsp3) is 1.00. The van der Waals surface area contributed by atoms with E-state index in [0.29, 0.717) is 5.92 Å². The summed E-state index contributed by atoms with van der Waals surface area (Å²) >= 11 is 0. The van der Waals surface area contributed by atoms with E-state index in [1.54, 1.807) is 0 Å². The van der Waals surface area contributed by atoms with Crippen molar-refractivity contribution in [3.05, 3.63) is 0 Å². The lowest BCUT2D eigenvalue weighted by Crippen LogP contribution is -2.26. The van der Waals surface area contributed by atoms with Crippen LogP contribution < -0.4 is 0 Å². The first kappa shape index (κ1) is 11.0. The molecule has 0 saturated carbocycles. The molecule has 0 saturated heterocycles. The second kappa shape index (κ2) is 4.76. The van der Waals surface area contributed by atoms with Crippen molar-refractivity contribution in [1.29, 1.82) is 0 Å². The van der Waals surface area contributed by atoms with Crippen molar-refractivity contribution in [2.75, 3.05) is 0 Å². The third kappa shape index (κ3) is 4.41. The van der Waals surface area contributed by atoms with Gasteiger partial charge in [0.15, 0.2) is 0 Å². The Morgan fingerprint density at radius 1 is 1.18 bits per heavy atom. The highest BCUT2D eigenvalue weighted by atomic mass is 16.3. The molecule has 0 radical (unpaired) electrons. The number of hydrogen-bond donors (Lipinski definition) is 1. The minimum atomic E-state index is -0.434. The molecule has 0 bridgehead atoms. The Hall–Kier alpha value is -0.0400. The molecule has 0 aliphatic heterocycles. The van der Waals surface area contributed by atoms with E-state index in [-0.39, 0.29) is 0 Å². The van der Waals surface area contributed by atoms with E-state index in [1.807, 2.05) is 13.8 Å². The minimum absolute atomic E-state index is 0.434. The van der Waals surface area contributed by atoms with Gasteiger partial charge in [0, 0.05) is 0 Å². The molecule has 0 heterocycles. The fourth-order valence-electron chi connectivity index (χ4n) is 1.34. The molecule has 1 N–H and O–H groups in total. The van der Waals surface area contributed by atoms with Gasteiger partial charge in [-0.1, -0.05) is 33.6 Å². The van der Waals surface area contributed by atoms with Crippen molar-refractivity contribution < 1.29 is 5.11 Å². The Morgan fingerprint density at radius 2 is 1.64 bits per heavy atom. The predicted molar refractivity (Wildman–Crippen MR) is 49.6 cm³/mol. The largest absolute Gasteiger partial charge is 0.390 e. The maximum atomic E-state index is 9.76. The molecule has 0 aromatic rings. The quantitative estimate of drug-likeness (QED) is 0.652. The summed E-state index contributed by atoms with van der Waals surface area (Å²) in [6.07, 6.45) is 4.19. The van der Waals surface area contributed by atoms with E-state index in [4.69, 9.17) is 0 Å². The van der Waals surface area contributed by atoms with Gasteiger partial charge in [-0.2, -0.15) is 0 Å². The zero-order valence-corrected chi connectivity index (χ0v) is 8.35. The third-order valence-corrected chi connectivity index (χ3v) is 2.64. The Morgan fingerprint density at radius 3 is 1.91 bits per heavy atom. The van der Waals surface area contributed by atoms with Gasteiger partial charge in [0.05, 0.1) is 5.60 Å². The highest BCUT2D eigenvalue weighted by Gasteiger charge is 2.21. The third-order valence-electron chi connectivity index (χ3n) is 2.64. The molecule has 0 aromatic carbocycles. The molecule has 0 aromatic heterocycles. The average molecular weight is 158 g/mol. The molecule has 0 aliphatic carbocycles. The first-order chi connectivity index (χ1) is 5.05. The van der Waals surface area contributed by atoms with E-state index in [9.17, 15) is 5.11 Å². The summed E-state index contributed by atoms with van der Waals surface area (Å²) in [5.74, 6) is 0.699. The number of aliphatic hydroxyl groups is 1. The van der Waals surface area contributed by atoms with Crippen molar-refractivity contribution in [2.24, 2.45) is 5.92 Å². The second-order valence-corrected chi connectivity index (χ2v) is 3.74. The second-order valence-electron chi connectivity index (χ2n) is 3.74. The summed E-state index contributed by atoms with van der Waals surface area (Å²) in [5.41, 5.74) is -0.434. The zero-order valence-electron chi connectivity index (χ0n) is 8.35. The van der Waals surface area contributed by atoms with E-state index < -0.39 is 5.60 Å². The van der Waals surface area contributed by atoms with Crippen LogP contribution in [-0.4, -0.2) is 10.7 Å². The van der Waals surface area contributed by atoms with Crippen LogP contribution in [-0.2, 0) is 0 Å². The van der Waals surface area contributed by atoms with Gasteiger partial charge in [-0.3, -0.25) is 0 Å². The molecule has 1 unspecified atom stereocenters. The summed E-state index contributed by atoms with van der Waals surface area (Å²) in [7, 11) is 0. The number of rotatable bonds is 5. The van der Waals surface area contributed by atoms with E-state index in [0.717, 1.165) is 12.8 Å². The van der Waals surface area contributed by atoms with Gasteiger partial charge in [0.2, 0.25) is 0 Å². The van der Waals surface area contributed by atoms with Gasteiger partial charge in [-0.05, 0) is 25.7 Å². The van der Waals surface area contributed by atoms with Crippen molar-refractivity contribution >= 4 is 0 Å². The molecular weight excluding hydrogens is 136 g/mol. The van der Waals surface area contributed by atoms with Crippen molar-refractivity contribution in [2.45, 2.75) is 59.0 Å². The molecule has 68 valence electrons. The molecule has 1 heteroatoms. The molecular formula is C10H22O. The van der Waals surface area contributed by atoms with E-state index in [2.05, 4.69) is 13.8 Å². The lowest BCUT2D eigenvalue weighted by molar-refractivity contribution is 0.0287. The lowest BCUT2D eigenvalue weighted by Gasteiger charge is -2.25. The minimum Gasteiger partial charge on any atom is -0.390 e.